The van der Waals surface area contributed by atoms with E-state index >= 15 is 0 Å². The number of aryl methyl sites for hydroxylation is 1. The van der Waals surface area contributed by atoms with Crippen LogP contribution in [0.15, 0.2) is 35.3 Å². The number of benzene rings is 1. The van der Waals surface area contributed by atoms with Crippen molar-refractivity contribution in [3.05, 3.63) is 51.4 Å². The molecule has 0 aliphatic carbocycles. The fourth-order valence-corrected chi connectivity index (χ4v) is 2.51. The number of aliphatic hydroxyl groups excluding tert-OH is 1. The first-order chi connectivity index (χ1) is 11.1. The Morgan fingerprint density at radius 3 is 2.65 bits per heavy atom. The van der Waals surface area contributed by atoms with Crippen molar-refractivity contribution >= 4 is 17.3 Å². The number of methoxy groups -OCH3 is 1. The van der Waals surface area contributed by atoms with Crippen LogP contribution in [0, 0.1) is 0 Å². The summed E-state index contributed by atoms with van der Waals surface area (Å²) in [6, 6.07) is 7.66. The smallest absolute Gasteiger partial charge is 0.287 e. The summed E-state index contributed by atoms with van der Waals surface area (Å²) in [6.45, 7) is 1.19. The lowest BCUT2D eigenvalue weighted by Gasteiger charge is -2.25. The van der Waals surface area contributed by atoms with Crippen LogP contribution in [-0.4, -0.2) is 35.1 Å². The minimum atomic E-state index is -0.340. The average Bonchev–Trinajstić information content (AvgIpc) is 2.57. The molecule has 0 aliphatic rings. The quantitative estimate of drug-likeness (QED) is 0.835. The van der Waals surface area contributed by atoms with Crippen LogP contribution in [0.3, 0.4) is 0 Å². The van der Waals surface area contributed by atoms with Gasteiger partial charge in [0.1, 0.15) is 10.8 Å². The Hall–Kier alpha value is -2.05. The van der Waals surface area contributed by atoms with Crippen LogP contribution in [0.25, 0.3) is 0 Å². The average molecular weight is 338 g/mol. The molecule has 0 amide bonds. The third kappa shape index (κ3) is 4.24. The van der Waals surface area contributed by atoms with Gasteiger partial charge in [-0.2, -0.15) is 5.10 Å². The van der Waals surface area contributed by atoms with E-state index in [2.05, 4.69) is 5.10 Å². The van der Waals surface area contributed by atoms with Crippen LogP contribution in [0.4, 0.5) is 5.69 Å². The van der Waals surface area contributed by atoms with Gasteiger partial charge in [-0.05, 0) is 24.1 Å². The van der Waals surface area contributed by atoms with Crippen molar-refractivity contribution in [2.75, 3.05) is 25.2 Å². The van der Waals surface area contributed by atoms with Crippen LogP contribution < -0.4 is 15.2 Å². The lowest BCUT2D eigenvalue weighted by atomic mass is 10.2. The van der Waals surface area contributed by atoms with Gasteiger partial charge >= 0.3 is 0 Å². The van der Waals surface area contributed by atoms with E-state index in [-0.39, 0.29) is 17.2 Å². The lowest BCUT2D eigenvalue weighted by molar-refractivity contribution is 0.289. The number of nitrogens with zero attached hydrogens (tertiary/aromatic N) is 3. The summed E-state index contributed by atoms with van der Waals surface area (Å²) in [5, 5.41) is 13.3. The summed E-state index contributed by atoms with van der Waals surface area (Å²) < 4.78 is 6.35. The molecule has 23 heavy (non-hydrogen) atoms. The third-order valence-corrected chi connectivity index (χ3v) is 3.87. The zero-order chi connectivity index (χ0) is 16.8. The highest BCUT2D eigenvalue weighted by Gasteiger charge is 2.15. The second-order valence-electron chi connectivity index (χ2n) is 5.12. The van der Waals surface area contributed by atoms with E-state index in [0.29, 0.717) is 25.2 Å². The maximum Gasteiger partial charge on any atom is 0.287 e. The normalized spacial score (nSPS) is 10.6. The summed E-state index contributed by atoms with van der Waals surface area (Å²) in [5.74, 6) is 0.781. The van der Waals surface area contributed by atoms with E-state index in [1.165, 1.54) is 4.68 Å². The topological polar surface area (TPSA) is 67.6 Å². The monoisotopic (exact) mass is 337 g/mol. The minimum Gasteiger partial charge on any atom is -0.497 e. The lowest BCUT2D eigenvalue weighted by Crippen LogP contribution is -2.29. The van der Waals surface area contributed by atoms with Crippen LogP contribution in [0.5, 0.6) is 5.75 Å². The summed E-state index contributed by atoms with van der Waals surface area (Å²) in [6.07, 6.45) is 2.15. The van der Waals surface area contributed by atoms with Crippen molar-refractivity contribution in [1.82, 2.24) is 9.78 Å². The maximum absolute atomic E-state index is 12.0. The molecule has 0 saturated heterocycles. The summed E-state index contributed by atoms with van der Waals surface area (Å²) >= 11 is 6.19. The van der Waals surface area contributed by atoms with E-state index in [1.807, 2.05) is 29.2 Å². The van der Waals surface area contributed by atoms with E-state index in [9.17, 15) is 4.79 Å². The third-order valence-electron chi connectivity index (χ3n) is 3.52. The number of aliphatic hydroxyl groups is 1. The highest BCUT2D eigenvalue weighted by molar-refractivity contribution is 6.33. The largest absolute Gasteiger partial charge is 0.497 e. The summed E-state index contributed by atoms with van der Waals surface area (Å²) in [4.78, 5) is 13.9. The highest BCUT2D eigenvalue weighted by Crippen LogP contribution is 2.23. The molecular weight excluding hydrogens is 318 g/mol. The molecule has 0 radical (unpaired) electrons. The molecule has 0 saturated carbocycles. The number of hydrogen-bond acceptors (Lipinski definition) is 5. The number of hydrogen-bond donors (Lipinski definition) is 1. The molecule has 0 bridgehead atoms. The van der Waals surface area contributed by atoms with E-state index < -0.39 is 0 Å². The van der Waals surface area contributed by atoms with Gasteiger partial charge < -0.3 is 14.7 Å². The molecule has 1 aromatic heterocycles. The van der Waals surface area contributed by atoms with Crippen molar-refractivity contribution in [3.8, 4) is 5.75 Å². The van der Waals surface area contributed by atoms with Crippen molar-refractivity contribution in [1.29, 1.82) is 0 Å². The molecule has 2 aromatic rings. The molecule has 0 fully saturated rings. The van der Waals surface area contributed by atoms with Crippen molar-refractivity contribution < 1.29 is 9.84 Å². The van der Waals surface area contributed by atoms with Crippen LogP contribution >= 0.6 is 11.6 Å². The maximum atomic E-state index is 12.0. The fraction of sp³-hybridized carbons (Fsp3) is 0.375. The molecule has 0 spiro atoms. The number of rotatable bonds is 7. The Morgan fingerprint density at radius 2 is 2.04 bits per heavy atom. The zero-order valence-electron chi connectivity index (χ0n) is 13.2. The molecule has 2 rings (SSSR count). The summed E-state index contributed by atoms with van der Waals surface area (Å²) in [7, 11) is 3.17. The first-order valence-corrected chi connectivity index (χ1v) is 7.65. The molecule has 1 N–H and O–H groups in total. The Labute approximate surface area is 139 Å². The fourth-order valence-electron chi connectivity index (χ4n) is 2.22. The Morgan fingerprint density at radius 1 is 1.35 bits per heavy atom. The van der Waals surface area contributed by atoms with Crippen molar-refractivity contribution in [3.63, 3.8) is 0 Å². The molecule has 1 heterocycles. The second-order valence-corrected chi connectivity index (χ2v) is 5.50. The van der Waals surface area contributed by atoms with E-state index in [0.717, 1.165) is 11.3 Å². The summed E-state index contributed by atoms with van der Waals surface area (Å²) in [5.41, 5.74) is 1.27. The van der Waals surface area contributed by atoms with Crippen LogP contribution in [-0.2, 0) is 13.6 Å². The molecule has 0 unspecified atom stereocenters. The predicted octanol–water partition coefficient (Wildman–Crippen LogP) is 1.83. The standard InChI is InChI=1S/C16H20ClN3O3/c1-19-16(22)15(17)14(10-18-19)20(8-3-9-21)11-12-4-6-13(23-2)7-5-12/h4-7,10,21H,3,8-9,11H2,1-2H3. The van der Waals surface area contributed by atoms with Crippen LogP contribution in [0.2, 0.25) is 5.02 Å². The highest BCUT2D eigenvalue weighted by atomic mass is 35.5. The molecule has 124 valence electrons. The van der Waals surface area contributed by atoms with Gasteiger partial charge in [0.25, 0.3) is 5.56 Å². The van der Waals surface area contributed by atoms with Gasteiger partial charge in [-0.15, -0.1) is 0 Å². The number of ether oxygens (including phenoxy) is 1. The van der Waals surface area contributed by atoms with Gasteiger partial charge in [0.15, 0.2) is 0 Å². The van der Waals surface area contributed by atoms with Crippen molar-refractivity contribution in [2.24, 2.45) is 7.05 Å². The van der Waals surface area contributed by atoms with Gasteiger partial charge in [0.2, 0.25) is 0 Å². The molecular formula is C16H20ClN3O3. The molecule has 7 heteroatoms. The van der Waals surface area contributed by atoms with Gasteiger partial charge in [0.05, 0.1) is 19.0 Å². The Balaban J connectivity index is 2.29. The molecule has 6 nitrogen and oxygen atoms in total. The molecule has 0 aliphatic heterocycles. The Kier molecular flexibility index (Phi) is 6.01. The number of aromatic nitrogens is 2. The Bertz CT molecular complexity index is 701. The van der Waals surface area contributed by atoms with Gasteiger partial charge in [-0.25, -0.2) is 4.68 Å². The minimum absolute atomic E-state index is 0.0645. The molecule has 1 aromatic carbocycles. The van der Waals surface area contributed by atoms with Gasteiger partial charge in [-0.1, -0.05) is 23.7 Å². The van der Waals surface area contributed by atoms with E-state index in [4.69, 9.17) is 21.4 Å². The van der Waals surface area contributed by atoms with Gasteiger partial charge in [0, 0.05) is 26.7 Å². The second kappa shape index (κ2) is 7.99. The molecule has 0 atom stereocenters. The first kappa shape index (κ1) is 17.3. The number of halogens is 1. The zero-order valence-corrected chi connectivity index (χ0v) is 14.0. The van der Waals surface area contributed by atoms with Crippen molar-refractivity contribution in [2.45, 2.75) is 13.0 Å². The van der Waals surface area contributed by atoms with Crippen LogP contribution in [0.1, 0.15) is 12.0 Å². The number of anilines is 1. The SMILES string of the molecule is COc1ccc(CN(CCCO)c2cnn(C)c(=O)c2Cl)cc1. The predicted molar refractivity (Wildman–Crippen MR) is 90.2 cm³/mol. The van der Waals surface area contributed by atoms with Gasteiger partial charge in [-0.3, -0.25) is 4.79 Å². The first-order valence-electron chi connectivity index (χ1n) is 7.27. The van der Waals surface area contributed by atoms with E-state index in [1.54, 1.807) is 20.4 Å².